The molecule has 4 rings (SSSR count). The Bertz CT molecular complexity index is 1070. The highest BCUT2D eigenvalue weighted by atomic mass is 16.3. The van der Waals surface area contributed by atoms with Crippen LogP contribution in [0.2, 0.25) is 0 Å². The quantitative estimate of drug-likeness (QED) is 0.546. The molecule has 0 bridgehead atoms. The molecule has 2 aromatic heterocycles. The number of anilines is 1. The monoisotopic (exact) mass is 450 g/mol. The van der Waals surface area contributed by atoms with E-state index in [0.29, 0.717) is 24.7 Å². The third kappa shape index (κ3) is 6.09. The van der Waals surface area contributed by atoms with E-state index in [9.17, 15) is 9.59 Å². The van der Waals surface area contributed by atoms with Gasteiger partial charge in [0.25, 0.3) is 5.91 Å². The predicted octanol–water partition coefficient (Wildman–Crippen LogP) is 2.07. The zero-order valence-corrected chi connectivity index (χ0v) is 19.1. The molecule has 0 aliphatic carbocycles. The summed E-state index contributed by atoms with van der Waals surface area (Å²) < 4.78 is 6.86. The number of carbonyl (C=O) groups is 2. The summed E-state index contributed by atoms with van der Waals surface area (Å²) in [5, 5.41) is 10.4. The highest BCUT2D eigenvalue weighted by Gasteiger charge is 2.20. The SMILES string of the molecule is Cc1ccc(-n2nc(C)cc2NC(=O)CN2CCN(CCNC(=O)c3ccco3)CC2)cc1. The van der Waals surface area contributed by atoms with Gasteiger partial charge in [-0.25, -0.2) is 4.68 Å². The van der Waals surface area contributed by atoms with Gasteiger partial charge in [-0.3, -0.25) is 19.4 Å². The molecular formula is C24H30N6O3. The van der Waals surface area contributed by atoms with Gasteiger partial charge < -0.3 is 15.1 Å². The Labute approximate surface area is 193 Å². The van der Waals surface area contributed by atoms with Crippen molar-refractivity contribution in [3.8, 4) is 5.69 Å². The number of nitrogens with one attached hydrogen (secondary N) is 2. The summed E-state index contributed by atoms with van der Waals surface area (Å²) in [6, 6.07) is 13.3. The van der Waals surface area contributed by atoms with Crippen LogP contribution >= 0.6 is 0 Å². The molecule has 1 aromatic carbocycles. The fourth-order valence-electron chi connectivity index (χ4n) is 3.85. The maximum atomic E-state index is 12.7. The van der Waals surface area contributed by atoms with Gasteiger partial charge in [-0.1, -0.05) is 17.7 Å². The number of furan rings is 1. The highest BCUT2D eigenvalue weighted by molar-refractivity contribution is 5.92. The van der Waals surface area contributed by atoms with Gasteiger partial charge in [0.15, 0.2) is 5.76 Å². The van der Waals surface area contributed by atoms with Crippen molar-refractivity contribution in [2.75, 3.05) is 51.1 Å². The van der Waals surface area contributed by atoms with Crippen LogP contribution in [0.25, 0.3) is 5.69 Å². The molecular weight excluding hydrogens is 420 g/mol. The Kier molecular flexibility index (Phi) is 7.21. The zero-order valence-electron chi connectivity index (χ0n) is 19.1. The number of aromatic nitrogens is 2. The fraction of sp³-hybridized carbons (Fsp3) is 0.375. The summed E-state index contributed by atoms with van der Waals surface area (Å²) in [4.78, 5) is 29.1. The first-order valence-corrected chi connectivity index (χ1v) is 11.2. The van der Waals surface area contributed by atoms with Crippen molar-refractivity contribution in [2.24, 2.45) is 0 Å². The topological polar surface area (TPSA) is 95.6 Å². The van der Waals surface area contributed by atoms with E-state index in [1.807, 2.05) is 44.2 Å². The minimum absolute atomic E-state index is 0.0533. The number of amides is 2. The van der Waals surface area contributed by atoms with Crippen molar-refractivity contribution < 1.29 is 14.0 Å². The van der Waals surface area contributed by atoms with E-state index < -0.39 is 0 Å². The minimum Gasteiger partial charge on any atom is -0.459 e. The zero-order chi connectivity index (χ0) is 23.2. The molecule has 0 spiro atoms. The number of nitrogens with zero attached hydrogens (tertiary/aromatic N) is 4. The second-order valence-corrected chi connectivity index (χ2v) is 8.32. The predicted molar refractivity (Wildman–Crippen MR) is 126 cm³/mol. The average Bonchev–Trinajstić information content (AvgIpc) is 3.46. The summed E-state index contributed by atoms with van der Waals surface area (Å²) in [5.41, 5.74) is 2.93. The molecule has 1 aliphatic rings. The Morgan fingerprint density at radius 2 is 1.76 bits per heavy atom. The summed E-state index contributed by atoms with van der Waals surface area (Å²) in [5.74, 6) is 0.745. The first-order chi connectivity index (χ1) is 16.0. The molecule has 0 atom stereocenters. The first-order valence-electron chi connectivity index (χ1n) is 11.2. The van der Waals surface area contributed by atoms with Crippen LogP contribution in [0.15, 0.2) is 53.1 Å². The molecule has 9 nitrogen and oxygen atoms in total. The molecule has 3 heterocycles. The van der Waals surface area contributed by atoms with E-state index in [4.69, 9.17) is 4.42 Å². The summed E-state index contributed by atoms with van der Waals surface area (Å²) in [6.45, 7) is 8.92. The molecule has 0 radical (unpaired) electrons. The van der Waals surface area contributed by atoms with Gasteiger partial charge >= 0.3 is 0 Å². The first kappa shape index (κ1) is 22.8. The average molecular weight is 451 g/mol. The van der Waals surface area contributed by atoms with Crippen LogP contribution in [-0.2, 0) is 4.79 Å². The van der Waals surface area contributed by atoms with Gasteiger partial charge in [0.05, 0.1) is 24.2 Å². The third-order valence-corrected chi connectivity index (χ3v) is 5.67. The maximum absolute atomic E-state index is 12.7. The Hall–Kier alpha value is -3.43. The maximum Gasteiger partial charge on any atom is 0.287 e. The molecule has 174 valence electrons. The summed E-state index contributed by atoms with van der Waals surface area (Å²) in [7, 11) is 0. The van der Waals surface area contributed by atoms with E-state index in [2.05, 4.69) is 25.5 Å². The van der Waals surface area contributed by atoms with Crippen molar-refractivity contribution in [1.29, 1.82) is 0 Å². The second kappa shape index (κ2) is 10.5. The normalized spacial score (nSPS) is 14.8. The van der Waals surface area contributed by atoms with Gasteiger partial charge in [0, 0.05) is 45.3 Å². The Morgan fingerprint density at radius 3 is 2.45 bits per heavy atom. The van der Waals surface area contributed by atoms with Crippen molar-refractivity contribution >= 4 is 17.6 Å². The van der Waals surface area contributed by atoms with Crippen molar-refractivity contribution in [1.82, 2.24) is 24.9 Å². The van der Waals surface area contributed by atoms with Crippen LogP contribution in [0, 0.1) is 13.8 Å². The molecule has 1 aliphatic heterocycles. The number of rotatable bonds is 8. The molecule has 2 amide bonds. The van der Waals surface area contributed by atoms with E-state index >= 15 is 0 Å². The largest absolute Gasteiger partial charge is 0.459 e. The minimum atomic E-state index is -0.199. The lowest BCUT2D eigenvalue weighted by molar-refractivity contribution is -0.117. The molecule has 1 fully saturated rings. The molecule has 33 heavy (non-hydrogen) atoms. The van der Waals surface area contributed by atoms with Crippen molar-refractivity contribution in [2.45, 2.75) is 13.8 Å². The van der Waals surface area contributed by atoms with Crippen LogP contribution < -0.4 is 10.6 Å². The van der Waals surface area contributed by atoms with E-state index in [1.165, 1.54) is 11.8 Å². The van der Waals surface area contributed by atoms with Crippen LogP contribution in [-0.4, -0.2) is 77.2 Å². The van der Waals surface area contributed by atoms with Crippen molar-refractivity contribution in [3.63, 3.8) is 0 Å². The number of carbonyl (C=O) groups excluding carboxylic acids is 2. The number of piperazine rings is 1. The highest BCUT2D eigenvalue weighted by Crippen LogP contribution is 2.18. The number of hydrogen-bond donors (Lipinski definition) is 2. The third-order valence-electron chi connectivity index (χ3n) is 5.67. The lowest BCUT2D eigenvalue weighted by Gasteiger charge is -2.34. The molecule has 3 aromatic rings. The number of benzene rings is 1. The van der Waals surface area contributed by atoms with E-state index in [0.717, 1.165) is 44.1 Å². The lowest BCUT2D eigenvalue weighted by atomic mass is 10.2. The van der Waals surface area contributed by atoms with Gasteiger partial charge in [-0.05, 0) is 38.1 Å². The molecule has 0 saturated carbocycles. The summed E-state index contributed by atoms with van der Waals surface area (Å²) >= 11 is 0. The standard InChI is InChI=1S/C24H30N6O3/c1-18-5-7-20(8-6-18)30-22(16-19(2)27-30)26-23(31)17-29-13-11-28(12-14-29)10-9-25-24(32)21-4-3-15-33-21/h3-8,15-16H,9-14,17H2,1-2H3,(H,25,32)(H,26,31). The van der Waals surface area contributed by atoms with Gasteiger partial charge in [0.2, 0.25) is 5.91 Å². The number of hydrogen-bond acceptors (Lipinski definition) is 6. The van der Waals surface area contributed by atoms with Crippen molar-refractivity contribution in [3.05, 3.63) is 65.7 Å². The number of aryl methyl sites for hydroxylation is 2. The van der Waals surface area contributed by atoms with Gasteiger partial charge in [-0.2, -0.15) is 5.10 Å². The van der Waals surface area contributed by atoms with Crippen LogP contribution in [0.5, 0.6) is 0 Å². The second-order valence-electron chi connectivity index (χ2n) is 8.32. The van der Waals surface area contributed by atoms with Crippen LogP contribution in [0.3, 0.4) is 0 Å². The van der Waals surface area contributed by atoms with Crippen LogP contribution in [0.1, 0.15) is 21.8 Å². The fourth-order valence-corrected chi connectivity index (χ4v) is 3.85. The molecule has 9 heteroatoms. The van der Waals surface area contributed by atoms with Gasteiger partial charge in [0.1, 0.15) is 5.82 Å². The smallest absolute Gasteiger partial charge is 0.287 e. The molecule has 1 saturated heterocycles. The lowest BCUT2D eigenvalue weighted by Crippen LogP contribution is -2.50. The van der Waals surface area contributed by atoms with Gasteiger partial charge in [-0.15, -0.1) is 0 Å². The summed E-state index contributed by atoms with van der Waals surface area (Å²) in [6.07, 6.45) is 1.49. The van der Waals surface area contributed by atoms with E-state index in [1.54, 1.807) is 16.8 Å². The Balaban J connectivity index is 1.21. The molecule has 0 unspecified atom stereocenters. The molecule has 2 N–H and O–H groups in total. The van der Waals surface area contributed by atoms with E-state index in [-0.39, 0.29) is 11.8 Å². The Morgan fingerprint density at radius 1 is 1.03 bits per heavy atom. The van der Waals surface area contributed by atoms with Crippen LogP contribution in [0.4, 0.5) is 5.82 Å².